The Morgan fingerprint density at radius 2 is 1.64 bits per heavy atom. The molecule has 230 valence electrons. The molecular formula is C29H40N4O7S2. The van der Waals surface area contributed by atoms with Gasteiger partial charge in [0.25, 0.3) is 5.91 Å². The maximum Gasteiger partial charge on any atom is 0.325 e. The van der Waals surface area contributed by atoms with Crippen LogP contribution < -0.4 is 19.7 Å². The lowest BCUT2D eigenvalue weighted by atomic mass is 9.93. The zero-order valence-corrected chi connectivity index (χ0v) is 26.3. The van der Waals surface area contributed by atoms with Gasteiger partial charge in [-0.05, 0) is 102 Å². The molecule has 4 rings (SSSR count). The summed E-state index contributed by atoms with van der Waals surface area (Å²) in [6.07, 6.45) is 4.35. The Hall–Kier alpha value is -3.16. The SMILES string of the molecule is CCOC(=O)C(C)S(=O)(=O)Nc1ccc(C(=O)Nc2cccc(S(=O)(=O)NC(C)(C)C)c2)c(N2CCC3(CC2)CC3)c1. The molecule has 2 fully saturated rings. The number of ether oxygens (including phenoxy) is 1. The normalized spacial score (nSPS) is 17.4. The van der Waals surface area contributed by atoms with Gasteiger partial charge in [-0.3, -0.25) is 14.3 Å². The molecule has 0 bridgehead atoms. The van der Waals surface area contributed by atoms with E-state index in [9.17, 15) is 26.4 Å². The first kappa shape index (κ1) is 31.8. The quantitative estimate of drug-likeness (QED) is 0.336. The Kier molecular flexibility index (Phi) is 8.96. The molecule has 1 heterocycles. The molecule has 1 saturated heterocycles. The number of nitrogens with zero attached hydrogens (tertiary/aromatic N) is 1. The summed E-state index contributed by atoms with van der Waals surface area (Å²) in [7, 11) is -7.93. The van der Waals surface area contributed by atoms with Crippen LogP contribution in [-0.2, 0) is 29.6 Å². The zero-order valence-electron chi connectivity index (χ0n) is 24.7. The number of carbonyl (C=O) groups is 2. The summed E-state index contributed by atoms with van der Waals surface area (Å²) in [6, 6.07) is 10.6. The summed E-state index contributed by atoms with van der Waals surface area (Å²) in [4.78, 5) is 27.7. The standard InChI is InChI=1S/C29H40N4O7S2/c1-6-40-27(35)20(2)41(36,37)31-22-10-11-24(25(19-22)33-16-14-29(12-13-29)15-17-33)26(34)30-21-8-7-9-23(18-21)42(38,39)32-28(3,4)5/h7-11,18-20,31-32H,6,12-17H2,1-5H3,(H,30,34). The van der Waals surface area contributed by atoms with Crippen molar-refractivity contribution in [2.24, 2.45) is 5.41 Å². The van der Waals surface area contributed by atoms with Crippen LogP contribution in [0, 0.1) is 5.41 Å². The number of rotatable bonds is 10. The second-order valence-corrected chi connectivity index (χ2v) is 15.8. The molecule has 42 heavy (non-hydrogen) atoms. The van der Waals surface area contributed by atoms with Crippen molar-refractivity contribution in [1.82, 2.24) is 4.72 Å². The Morgan fingerprint density at radius 3 is 2.24 bits per heavy atom. The second kappa shape index (κ2) is 11.8. The highest BCUT2D eigenvalue weighted by molar-refractivity contribution is 7.94. The topological polar surface area (TPSA) is 151 Å². The van der Waals surface area contributed by atoms with Gasteiger partial charge in [0.2, 0.25) is 20.0 Å². The number of esters is 1. The Morgan fingerprint density at radius 1 is 0.976 bits per heavy atom. The van der Waals surface area contributed by atoms with Crippen molar-refractivity contribution in [3.05, 3.63) is 48.0 Å². The number of carbonyl (C=O) groups excluding carboxylic acids is 2. The van der Waals surface area contributed by atoms with E-state index in [2.05, 4.69) is 19.7 Å². The van der Waals surface area contributed by atoms with Crippen LogP contribution in [0.2, 0.25) is 0 Å². The molecule has 1 spiro atoms. The maximum atomic E-state index is 13.6. The number of anilines is 3. The third-order valence-electron chi connectivity index (χ3n) is 7.55. The second-order valence-electron chi connectivity index (χ2n) is 12.1. The highest BCUT2D eigenvalue weighted by Gasteiger charge is 2.44. The molecule has 3 N–H and O–H groups in total. The van der Waals surface area contributed by atoms with Crippen LogP contribution in [-0.4, -0.2) is 59.2 Å². The minimum Gasteiger partial charge on any atom is -0.465 e. The molecule has 1 amide bonds. The van der Waals surface area contributed by atoms with E-state index < -0.39 is 42.7 Å². The lowest BCUT2D eigenvalue weighted by Crippen LogP contribution is -2.40. The van der Waals surface area contributed by atoms with Crippen LogP contribution >= 0.6 is 0 Å². The van der Waals surface area contributed by atoms with Crippen molar-refractivity contribution in [3.63, 3.8) is 0 Å². The Bertz CT molecular complexity index is 1550. The lowest BCUT2D eigenvalue weighted by molar-refractivity contribution is -0.142. The van der Waals surface area contributed by atoms with Gasteiger partial charge in [-0.25, -0.2) is 21.6 Å². The van der Waals surface area contributed by atoms with E-state index in [0.717, 1.165) is 12.8 Å². The largest absolute Gasteiger partial charge is 0.465 e. The molecule has 1 aliphatic carbocycles. The molecule has 2 aromatic rings. The molecule has 1 saturated carbocycles. The molecule has 1 aliphatic heterocycles. The predicted molar refractivity (Wildman–Crippen MR) is 163 cm³/mol. The smallest absolute Gasteiger partial charge is 0.325 e. The van der Waals surface area contributed by atoms with Gasteiger partial charge in [0.15, 0.2) is 5.25 Å². The minimum absolute atomic E-state index is 0.0154. The maximum absolute atomic E-state index is 13.6. The van der Waals surface area contributed by atoms with Gasteiger partial charge in [0.05, 0.1) is 28.4 Å². The fourth-order valence-corrected chi connectivity index (χ4v) is 7.41. The van der Waals surface area contributed by atoms with Crippen molar-refractivity contribution in [1.29, 1.82) is 0 Å². The summed E-state index contributed by atoms with van der Waals surface area (Å²) in [5.74, 6) is -1.32. The van der Waals surface area contributed by atoms with Gasteiger partial charge in [0, 0.05) is 24.3 Å². The van der Waals surface area contributed by atoms with Gasteiger partial charge >= 0.3 is 5.97 Å². The van der Waals surface area contributed by atoms with E-state index in [1.165, 1.54) is 44.0 Å². The molecular weight excluding hydrogens is 580 g/mol. The monoisotopic (exact) mass is 620 g/mol. The fourth-order valence-electron chi connectivity index (χ4n) is 4.99. The number of nitrogens with one attached hydrogen (secondary N) is 3. The Labute approximate surface area is 248 Å². The third kappa shape index (κ3) is 7.61. The average molecular weight is 621 g/mol. The predicted octanol–water partition coefficient (Wildman–Crippen LogP) is 4.09. The van der Waals surface area contributed by atoms with Crippen LogP contribution in [0.5, 0.6) is 0 Å². The van der Waals surface area contributed by atoms with E-state index in [4.69, 9.17) is 4.74 Å². The van der Waals surface area contributed by atoms with Crippen molar-refractivity contribution < 1.29 is 31.2 Å². The lowest BCUT2D eigenvalue weighted by Gasteiger charge is -2.35. The molecule has 0 radical (unpaired) electrons. The minimum atomic E-state index is -4.11. The molecule has 2 aliphatic rings. The van der Waals surface area contributed by atoms with Crippen LogP contribution in [0.1, 0.15) is 70.7 Å². The van der Waals surface area contributed by atoms with Gasteiger partial charge in [-0.2, -0.15) is 0 Å². The van der Waals surface area contributed by atoms with Crippen LogP contribution in [0.15, 0.2) is 47.4 Å². The van der Waals surface area contributed by atoms with Crippen molar-refractivity contribution in [3.8, 4) is 0 Å². The van der Waals surface area contributed by atoms with E-state index in [-0.39, 0.29) is 17.2 Å². The molecule has 13 heteroatoms. The van der Waals surface area contributed by atoms with E-state index >= 15 is 0 Å². The van der Waals surface area contributed by atoms with E-state index in [1.54, 1.807) is 45.9 Å². The van der Waals surface area contributed by atoms with Gasteiger partial charge < -0.3 is 15.0 Å². The first-order chi connectivity index (χ1) is 19.5. The van der Waals surface area contributed by atoms with Gasteiger partial charge in [-0.1, -0.05) is 6.07 Å². The molecule has 2 aromatic carbocycles. The molecule has 11 nitrogen and oxygen atoms in total. The molecule has 1 unspecified atom stereocenters. The summed E-state index contributed by atoms with van der Waals surface area (Å²) in [5.41, 5.74) is 1.06. The number of amides is 1. The van der Waals surface area contributed by atoms with Crippen molar-refractivity contribution in [2.45, 2.75) is 76.0 Å². The summed E-state index contributed by atoms with van der Waals surface area (Å²) in [6.45, 7) is 9.56. The Balaban J connectivity index is 1.61. The van der Waals surface area contributed by atoms with Gasteiger partial charge in [0.1, 0.15) is 0 Å². The van der Waals surface area contributed by atoms with Crippen molar-refractivity contribution in [2.75, 3.05) is 34.6 Å². The highest BCUT2D eigenvalue weighted by Crippen LogP contribution is 2.54. The number of sulfonamides is 2. The first-order valence-corrected chi connectivity index (χ1v) is 17.1. The number of hydrogen-bond donors (Lipinski definition) is 3. The zero-order chi connectivity index (χ0) is 30.9. The number of piperidine rings is 1. The first-order valence-electron chi connectivity index (χ1n) is 14.1. The van der Waals surface area contributed by atoms with Crippen LogP contribution in [0.25, 0.3) is 0 Å². The van der Waals surface area contributed by atoms with Gasteiger partial charge in [-0.15, -0.1) is 0 Å². The number of hydrogen-bond acceptors (Lipinski definition) is 8. The number of benzene rings is 2. The summed E-state index contributed by atoms with van der Waals surface area (Å²) >= 11 is 0. The highest BCUT2D eigenvalue weighted by atomic mass is 32.2. The van der Waals surface area contributed by atoms with Crippen LogP contribution in [0.4, 0.5) is 17.1 Å². The third-order valence-corrected chi connectivity index (χ3v) is 11.0. The molecule has 1 atom stereocenters. The average Bonchev–Trinajstić information content (AvgIpc) is 3.65. The van der Waals surface area contributed by atoms with E-state index in [0.29, 0.717) is 35.4 Å². The summed E-state index contributed by atoms with van der Waals surface area (Å²) in [5, 5.41) is 1.37. The van der Waals surface area contributed by atoms with E-state index in [1.807, 2.05) is 0 Å². The van der Waals surface area contributed by atoms with Crippen LogP contribution in [0.3, 0.4) is 0 Å². The molecule has 0 aromatic heterocycles. The van der Waals surface area contributed by atoms with Crippen molar-refractivity contribution >= 4 is 49.0 Å². The fraction of sp³-hybridized carbons (Fsp3) is 0.517. The summed E-state index contributed by atoms with van der Waals surface area (Å²) < 4.78 is 61.4.